The summed E-state index contributed by atoms with van der Waals surface area (Å²) in [6.45, 7) is 8.35. The van der Waals surface area contributed by atoms with E-state index in [0.717, 1.165) is 35.6 Å². The molecule has 108 valence electrons. The number of hydrogen-bond donors (Lipinski definition) is 1. The molecule has 0 aliphatic rings. The van der Waals surface area contributed by atoms with E-state index < -0.39 is 0 Å². The van der Waals surface area contributed by atoms with Gasteiger partial charge >= 0.3 is 0 Å². The van der Waals surface area contributed by atoms with Crippen LogP contribution in [0.15, 0.2) is 24.3 Å². The minimum absolute atomic E-state index is 0.612. The summed E-state index contributed by atoms with van der Waals surface area (Å²) in [6, 6.07) is 8.59. The summed E-state index contributed by atoms with van der Waals surface area (Å²) in [5.74, 6) is 0.890. The zero-order chi connectivity index (χ0) is 14.5. The zero-order valence-corrected chi connectivity index (χ0v) is 12.8. The molecule has 1 atom stereocenters. The Balaban J connectivity index is 2.01. The Hall–Kier alpha value is -1.68. The second-order valence-corrected chi connectivity index (χ2v) is 5.31. The maximum absolute atomic E-state index is 4.64. The largest absolute Gasteiger partial charge is 0.367 e. The Bertz CT molecular complexity index is 567. The Labute approximate surface area is 121 Å². The normalized spacial score (nSPS) is 12.8. The zero-order valence-electron chi connectivity index (χ0n) is 12.8. The van der Waals surface area contributed by atoms with Crippen LogP contribution in [-0.2, 0) is 0 Å². The van der Waals surface area contributed by atoms with Crippen LogP contribution in [0.5, 0.6) is 0 Å². The molecular formula is C16H24N4. The van der Waals surface area contributed by atoms with Crippen molar-refractivity contribution in [1.29, 1.82) is 0 Å². The van der Waals surface area contributed by atoms with Crippen molar-refractivity contribution in [2.45, 2.75) is 33.2 Å². The van der Waals surface area contributed by atoms with E-state index >= 15 is 0 Å². The standard InChI is InChI=1S/C16H24N4/c1-5-12(2)20(4)11-10-17-16-13(3)18-14-8-6-7-9-15(14)19-16/h6-9,12H,5,10-11H2,1-4H3,(H,17,19). The average molecular weight is 272 g/mol. The topological polar surface area (TPSA) is 41.0 Å². The number of nitrogens with one attached hydrogen (secondary N) is 1. The van der Waals surface area contributed by atoms with Gasteiger partial charge in [0.25, 0.3) is 0 Å². The molecule has 0 saturated heterocycles. The van der Waals surface area contributed by atoms with Crippen LogP contribution in [0.1, 0.15) is 26.0 Å². The molecule has 0 amide bonds. The third-order valence-corrected chi connectivity index (χ3v) is 3.85. The minimum Gasteiger partial charge on any atom is -0.367 e. The van der Waals surface area contributed by atoms with Gasteiger partial charge in [0.2, 0.25) is 0 Å². The first-order valence-electron chi connectivity index (χ1n) is 7.29. The molecule has 0 fully saturated rings. The maximum atomic E-state index is 4.64. The molecule has 0 spiro atoms. The van der Waals surface area contributed by atoms with E-state index in [1.165, 1.54) is 6.42 Å². The van der Waals surface area contributed by atoms with Crippen molar-refractivity contribution in [2.24, 2.45) is 0 Å². The fraction of sp³-hybridized carbons (Fsp3) is 0.500. The third kappa shape index (κ3) is 3.45. The Morgan fingerprint density at radius 1 is 1.20 bits per heavy atom. The van der Waals surface area contributed by atoms with Crippen LogP contribution in [0.25, 0.3) is 11.0 Å². The first-order chi connectivity index (χ1) is 9.61. The number of nitrogens with zero attached hydrogens (tertiary/aromatic N) is 3. The molecule has 20 heavy (non-hydrogen) atoms. The molecule has 2 rings (SSSR count). The second-order valence-electron chi connectivity index (χ2n) is 5.31. The van der Waals surface area contributed by atoms with Crippen LogP contribution in [0.3, 0.4) is 0 Å². The van der Waals surface area contributed by atoms with Crippen molar-refractivity contribution in [1.82, 2.24) is 14.9 Å². The quantitative estimate of drug-likeness (QED) is 0.877. The number of aryl methyl sites for hydroxylation is 1. The first-order valence-corrected chi connectivity index (χ1v) is 7.29. The fourth-order valence-corrected chi connectivity index (χ4v) is 2.14. The number of benzene rings is 1. The van der Waals surface area contributed by atoms with Gasteiger partial charge < -0.3 is 10.2 Å². The van der Waals surface area contributed by atoms with Crippen LogP contribution in [0.2, 0.25) is 0 Å². The molecule has 0 radical (unpaired) electrons. The Morgan fingerprint density at radius 2 is 1.85 bits per heavy atom. The van der Waals surface area contributed by atoms with Gasteiger partial charge in [0.05, 0.1) is 16.7 Å². The SMILES string of the molecule is CCC(C)N(C)CCNc1nc2ccccc2nc1C. The summed E-state index contributed by atoms with van der Waals surface area (Å²) in [4.78, 5) is 11.6. The third-order valence-electron chi connectivity index (χ3n) is 3.85. The smallest absolute Gasteiger partial charge is 0.148 e. The number of para-hydroxylation sites is 2. The highest BCUT2D eigenvalue weighted by Gasteiger charge is 2.07. The lowest BCUT2D eigenvalue weighted by molar-refractivity contribution is 0.261. The monoisotopic (exact) mass is 272 g/mol. The van der Waals surface area contributed by atoms with Crippen LogP contribution in [-0.4, -0.2) is 41.0 Å². The van der Waals surface area contributed by atoms with Crippen LogP contribution in [0.4, 0.5) is 5.82 Å². The Morgan fingerprint density at radius 3 is 2.50 bits per heavy atom. The van der Waals surface area contributed by atoms with Gasteiger partial charge in [0.1, 0.15) is 5.82 Å². The van der Waals surface area contributed by atoms with E-state index in [-0.39, 0.29) is 0 Å². The summed E-state index contributed by atoms with van der Waals surface area (Å²) in [5.41, 5.74) is 2.85. The van der Waals surface area contributed by atoms with Crippen molar-refractivity contribution >= 4 is 16.9 Å². The molecule has 0 aliphatic carbocycles. The van der Waals surface area contributed by atoms with Crippen molar-refractivity contribution in [2.75, 3.05) is 25.5 Å². The summed E-state index contributed by atoms with van der Waals surface area (Å²) in [5, 5.41) is 3.40. The van der Waals surface area contributed by atoms with Crippen molar-refractivity contribution in [3.63, 3.8) is 0 Å². The fourth-order valence-electron chi connectivity index (χ4n) is 2.14. The highest BCUT2D eigenvalue weighted by atomic mass is 15.1. The number of fused-ring (bicyclic) bond motifs is 1. The molecule has 4 nitrogen and oxygen atoms in total. The minimum atomic E-state index is 0.612. The van der Waals surface area contributed by atoms with Gasteiger partial charge in [-0.05, 0) is 39.4 Å². The summed E-state index contributed by atoms with van der Waals surface area (Å²) >= 11 is 0. The number of anilines is 1. The lowest BCUT2D eigenvalue weighted by Crippen LogP contribution is -2.32. The molecule has 4 heteroatoms. The van der Waals surface area contributed by atoms with Gasteiger partial charge in [-0.15, -0.1) is 0 Å². The van der Waals surface area contributed by atoms with Crippen LogP contribution in [0, 0.1) is 6.92 Å². The number of likely N-dealkylation sites (N-methyl/N-ethyl adjacent to an activating group) is 1. The van der Waals surface area contributed by atoms with Gasteiger partial charge in [0, 0.05) is 19.1 Å². The maximum Gasteiger partial charge on any atom is 0.148 e. The molecule has 0 saturated carbocycles. The second kappa shape index (κ2) is 6.66. The molecule has 1 N–H and O–H groups in total. The average Bonchev–Trinajstić information content (AvgIpc) is 2.46. The van der Waals surface area contributed by atoms with Crippen LogP contribution < -0.4 is 5.32 Å². The molecule has 0 aliphatic heterocycles. The van der Waals surface area contributed by atoms with E-state index in [4.69, 9.17) is 0 Å². The highest BCUT2D eigenvalue weighted by molar-refractivity contribution is 5.76. The summed E-state index contributed by atoms with van der Waals surface area (Å²) in [6.07, 6.45) is 1.17. The predicted octanol–water partition coefficient (Wildman–Crippen LogP) is 3.08. The molecular weight excluding hydrogens is 248 g/mol. The van der Waals surface area contributed by atoms with E-state index in [2.05, 4.69) is 41.1 Å². The van der Waals surface area contributed by atoms with Crippen molar-refractivity contribution < 1.29 is 0 Å². The molecule has 1 aromatic heterocycles. The summed E-state index contributed by atoms with van der Waals surface area (Å²) in [7, 11) is 2.16. The van der Waals surface area contributed by atoms with Gasteiger partial charge in [-0.2, -0.15) is 0 Å². The van der Waals surface area contributed by atoms with Crippen LogP contribution >= 0.6 is 0 Å². The molecule has 1 aromatic carbocycles. The number of rotatable bonds is 6. The summed E-state index contributed by atoms with van der Waals surface area (Å²) < 4.78 is 0. The van der Waals surface area contributed by atoms with E-state index in [1.807, 2.05) is 31.2 Å². The molecule has 2 aromatic rings. The van der Waals surface area contributed by atoms with E-state index in [0.29, 0.717) is 6.04 Å². The number of hydrogen-bond acceptors (Lipinski definition) is 4. The lowest BCUT2D eigenvalue weighted by atomic mass is 10.2. The number of aromatic nitrogens is 2. The first kappa shape index (κ1) is 14.7. The highest BCUT2D eigenvalue weighted by Crippen LogP contribution is 2.15. The van der Waals surface area contributed by atoms with Crippen molar-refractivity contribution in [3.8, 4) is 0 Å². The van der Waals surface area contributed by atoms with Gasteiger partial charge in [0.15, 0.2) is 0 Å². The van der Waals surface area contributed by atoms with Crippen molar-refractivity contribution in [3.05, 3.63) is 30.0 Å². The Kier molecular flexibility index (Phi) is 4.90. The van der Waals surface area contributed by atoms with E-state index in [1.54, 1.807) is 0 Å². The van der Waals surface area contributed by atoms with Gasteiger partial charge in [-0.3, -0.25) is 0 Å². The lowest BCUT2D eigenvalue weighted by Gasteiger charge is -2.23. The van der Waals surface area contributed by atoms with E-state index in [9.17, 15) is 0 Å². The molecule has 0 bridgehead atoms. The molecule has 1 heterocycles. The molecule has 1 unspecified atom stereocenters. The van der Waals surface area contributed by atoms with Gasteiger partial charge in [-0.25, -0.2) is 9.97 Å². The predicted molar refractivity (Wildman–Crippen MR) is 85.1 cm³/mol. The van der Waals surface area contributed by atoms with Gasteiger partial charge in [-0.1, -0.05) is 19.1 Å².